The van der Waals surface area contributed by atoms with E-state index in [1.807, 2.05) is 31.2 Å². The fraction of sp³-hybridized carbons (Fsp3) is 0.500. The minimum absolute atomic E-state index is 0.388. The van der Waals surface area contributed by atoms with Gasteiger partial charge in [0.25, 0.3) is 0 Å². The molecule has 0 bridgehead atoms. The maximum atomic E-state index is 12.8. The average Bonchev–Trinajstić information content (AvgIpc) is 3.56. The third-order valence-electron chi connectivity index (χ3n) is 7.67. The number of aryl methyl sites for hydroxylation is 1. The Morgan fingerprint density at radius 1 is 1.02 bits per heavy atom. The monoisotopic (exact) mass is 622 g/mol. The normalized spacial score (nSPS) is 17.9. The van der Waals surface area contributed by atoms with Crippen LogP contribution in [0.2, 0.25) is 0 Å². The summed E-state index contributed by atoms with van der Waals surface area (Å²) < 4.78 is 84.3. The van der Waals surface area contributed by atoms with Crippen LogP contribution in [0.15, 0.2) is 54.6 Å². The molecule has 3 heterocycles. The highest BCUT2D eigenvalue weighted by Crippen LogP contribution is 2.33. The summed E-state index contributed by atoms with van der Waals surface area (Å²) in [5.41, 5.74) is 1.63. The van der Waals surface area contributed by atoms with Crippen LogP contribution in [0.1, 0.15) is 44.7 Å². The molecule has 0 atom stereocenters. The lowest BCUT2D eigenvalue weighted by Gasteiger charge is -2.37. The van der Waals surface area contributed by atoms with Gasteiger partial charge in [-0.1, -0.05) is 30.3 Å². The number of hydrogen-bond donors (Lipinski definition) is 1. The number of piperidine rings is 1. The second kappa shape index (κ2) is 12.2. The van der Waals surface area contributed by atoms with E-state index >= 15 is 0 Å². The van der Waals surface area contributed by atoms with Crippen LogP contribution in [0, 0.1) is 0 Å². The van der Waals surface area contributed by atoms with Crippen molar-refractivity contribution in [2.75, 3.05) is 32.1 Å². The predicted octanol–water partition coefficient (Wildman–Crippen LogP) is 5.42. The van der Waals surface area contributed by atoms with Gasteiger partial charge in [-0.15, -0.1) is 0 Å². The van der Waals surface area contributed by atoms with E-state index < -0.39 is 27.5 Å². The van der Waals surface area contributed by atoms with Gasteiger partial charge >= 0.3 is 6.18 Å². The van der Waals surface area contributed by atoms with Gasteiger partial charge in [0.1, 0.15) is 5.75 Å². The van der Waals surface area contributed by atoms with Crippen LogP contribution in [0.4, 0.5) is 13.2 Å². The molecule has 43 heavy (non-hydrogen) atoms. The Bertz CT molecular complexity index is 1510. The summed E-state index contributed by atoms with van der Waals surface area (Å²) in [6, 6.07) is 16.6. The number of halogens is 3. The number of aromatic nitrogens is 2. The van der Waals surface area contributed by atoms with Crippen LogP contribution in [0.3, 0.4) is 0 Å². The van der Waals surface area contributed by atoms with Gasteiger partial charge < -0.3 is 14.2 Å². The number of alkyl halides is 3. The van der Waals surface area contributed by atoms with Crippen LogP contribution in [-0.4, -0.2) is 67.1 Å². The lowest BCUT2D eigenvalue weighted by molar-refractivity contribution is -0.185. The first-order chi connectivity index (χ1) is 20.2. The Balaban J connectivity index is 1.25. The molecule has 0 amide bonds. The minimum atomic E-state index is -4.84. The number of rotatable bonds is 10. The summed E-state index contributed by atoms with van der Waals surface area (Å²) in [5, 5.41) is 4.64. The molecule has 1 N–H and O–H groups in total. The zero-order valence-electron chi connectivity index (χ0n) is 24.5. The van der Waals surface area contributed by atoms with Crippen molar-refractivity contribution < 1.29 is 35.8 Å². The van der Waals surface area contributed by atoms with Crippen LogP contribution in [0.5, 0.6) is 11.6 Å². The zero-order chi connectivity index (χ0) is 30.9. The minimum Gasteiger partial charge on any atom is -0.439 e. The largest absolute Gasteiger partial charge is 0.439 e. The third kappa shape index (κ3) is 7.95. The molecule has 2 saturated heterocycles. The highest BCUT2D eigenvalue weighted by atomic mass is 32.2. The van der Waals surface area contributed by atoms with Gasteiger partial charge in [-0.05, 0) is 50.1 Å². The Morgan fingerprint density at radius 3 is 2.33 bits per heavy atom. The molecule has 2 aliphatic heterocycles. The standard InChI is InChI=1S/C30H37F3N4O5S/c1-4-37-27(42-25-10-8-22(9-11-25)20-36-14-12-29(13-15-36)40-16-17-41-29)19-26(34-37)23-6-5-7-24(18-23)28(2,3)35-43(38,39)21-30(31,32)33/h5-11,18-19,35H,4,12-17,20-21H2,1-3H3. The first-order valence-corrected chi connectivity index (χ1v) is 15.9. The van der Waals surface area contributed by atoms with Gasteiger partial charge in [-0.2, -0.15) is 18.3 Å². The highest BCUT2D eigenvalue weighted by molar-refractivity contribution is 7.89. The molecule has 2 aromatic carbocycles. The number of sulfonamides is 1. The number of nitrogens with one attached hydrogen (secondary N) is 1. The summed E-state index contributed by atoms with van der Waals surface area (Å²) >= 11 is 0. The first kappa shape index (κ1) is 31.5. The first-order valence-electron chi connectivity index (χ1n) is 14.3. The lowest BCUT2D eigenvalue weighted by Crippen LogP contribution is -2.44. The van der Waals surface area contributed by atoms with Crippen LogP contribution >= 0.6 is 0 Å². The van der Waals surface area contributed by atoms with Crippen molar-refractivity contribution in [2.45, 2.75) is 64.2 Å². The molecule has 0 unspecified atom stereocenters. The van der Waals surface area contributed by atoms with Gasteiger partial charge in [-0.3, -0.25) is 4.90 Å². The number of ether oxygens (including phenoxy) is 3. The number of likely N-dealkylation sites (tertiary alicyclic amines) is 1. The molecule has 1 aromatic heterocycles. The summed E-state index contributed by atoms with van der Waals surface area (Å²) in [4.78, 5) is 2.39. The molecule has 234 valence electrons. The van der Waals surface area contributed by atoms with Gasteiger partial charge in [-0.25, -0.2) is 17.8 Å². The number of benzene rings is 2. The molecule has 0 aliphatic carbocycles. The molecule has 3 aromatic rings. The van der Waals surface area contributed by atoms with E-state index in [1.165, 1.54) is 19.4 Å². The predicted molar refractivity (Wildman–Crippen MR) is 155 cm³/mol. The van der Waals surface area contributed by atoms with E-state index in [4.69, 9.17) is 14.2 Å². The molecule has 13 heteroatoms. The molecule has 0 radical (unpaired) electrons. The third-order valence-corrected chi connectivity index (χ3v) is 9.20. The molecular weight excluding hydrogens is 585 g/mol. The summed E-state index contributed by atoms with van der Waals surface area (Å²) in [6.07, 6.45) is -3.11. The van der Waals surface area contributed by atoms with Crippen molar-refractivity contribution in [1.29, 1.82) is 0 Å². The van der Waals surface area contributed by atoms with Crippen molar-refractivity contribution in [3.05, 3.63) is 65.7 Å². The lowest BCUT2D eigenvalue weighted by atomic mass is 9.93. The fourth-order valence-corrected chi connectivity index (χ4v) is 6.89. The van der Waals surface area contributed by atoms with Crippen molar-refractivity contribution in [1.82, 2.24) is 19.4 Å². The molecule has 1 spiro atoms. The highest BCUT2D eigenvalue weighted by Gasteiger charge is 2.40. The van der Waals surface area contributed by atoms with Gasteiger partial charge in [0.05, 0.1) is 24.4 Å². The van der Waals surface area contributed by atoms with E-state index in [0.717, 1.165) is 32.5 Å². The van der Waals surface area contributed by atoms with E-state index in [0.29, 0.717) is 48.2 Å². The SMILES string of the molecule is CCn1nc(-c2cccc(C(C)(C)NS(=O)(=O)CC(F)(F)F)c2)cc1Oc1ccc(CN2CCC3(CC2)OCCO3)cc1. The molecular formula is C30H37F3N4O5S. The summed E-state index contributed by atoms with van der Waals surface area (Å²) in [5.74, 6) is -1.15. The average molecular weight is 623 g/mol. The smallest absolute Gasteiger partial charge is 0.404 e. The van der Waals surface area contributed by atoms with Crippen molar-refractivity contribution >= 4 is 10.0 Å². The summed E-state index contributed by atoms with van der Waals surface area (Å²) in [7, 11) is -4.61. The second-order valence-electron chi connectivity index (χ2n) is 11.5. The van der Waals surface area contributed by atoms with Crippen LogP contribution in [-0.2, 0) is 38.1 Å². The Kier molecular flexibility index (Phi) is 8.92. The maximum Gasteiger partial charge on any atom is 0.404 e. The molecule has 2 aliphatic rings. The van der Waals surface area contributed by atoms with E-state index in [2.05, 4.69) is 14.7 Å². The van der Waals surface area contributed by atoms with Crippen molar-refractivity contribution in [3.63, 3.8) is 0 Å². The van der Waals surface area contributed by atoms with Crippen LogP contribution in [0.25, 0.3) is 11.3 Å². The Morgan fingerprint density at radius 2 is 1.70 bits per heavy atom. The topological polar surface area (TPSA) is 94.9 Å². The van der Waals surface area contributed by atoms with Gasteiger partial charge in [0.2, 0.25) is 15.9 Å². The molecule has 0 saturated carbocycles. The van der Waals surface area contributed by atoms with E-state index in [1.54, 1.807) is 35.0 Å². The van der Waals surface area contributed by atoms with Crippen LogP contribution < -0.4 is 9.46 Å². The number of hydrogen-bond acceptors (Lipinski definition) is 7. The second-order valence-corrected chi connectivity index (χ2v) is 13.2. The van der Waals surface area contributed by atoms with Crippen molar-refractivity contribution in [3.8, 4) is 22.9 Å². The zero-order valence-corrected chi connectivity index (χ0v) is 25.3. The Hall–Kier alpha value is -2.97. The number of nitrogens with zero attached hydrogens (tertiary/aromatic N) is 3. The quantitative estimate of drug-likeness (QED) is 0.323. The molecule has 2 fully saturated rings. The fourth-order valence-electron chi connectivity index (χ4n) is 5.50. The maximum absolute atomic E-state index is 12.8. The van der Waals surface area contributed by atoms with Crippen molar-refractivity contribution in [2.24, 2.45) is 0 Å². The van der Waals surface area contributed by atoms with E-state index in [-0.39, 0.29) is 5.79 Å². The van der Waals surface area contributed by atoms with Gasteiger partial charge in [0.15, 0.2) is 11.5 Å². The Labute approximate surface area is 250 Å². The van der Waals surface area contributed by atoms with Gasteiger partial charge in [0, 0.05) is 50.7 Å². The molecule has 9 nitrogen and oxygen atoms in total. The summed E-state index contributed by atoms with van der Waals surface area (Å²) in [6.45, 7) is 9.50. The van der Waals surface area contributed by atoms with E-state index in [9.17, 15) is 21.6 Å². The molecule has 5 rings (SSSR count).